The molecule has 0 saturated carbocycles. The Morgan fingerprint density at radius 3 is 2.47 bits per heavy atom. The molecule has 0 atom stereocenters. The van der Waals surface area contributed by atoms with E-state index >= 15 is 0 Å². The highest BCUT2D eigenvalue weighted by molar-refractivity contribution is 7.89. The number of nitrogens with zero attached hydrogens (tertiary/aromatic N) is 1. The van der Waals surface area contributed by atoms with Crippen LogP contribution < -0.4 is 5.32 Å². The summed E-state index contributed by atoms with van der Waals surface area (Å²) < 4.78 is 32.8. The molecule has 0 unspecified atom stereocenters. The van der Waals surface area contributed by atoms with Crippen molar-refractivity contribution in [2.75, 3.05) is 26.3 Å². The zero-order valence-electron chi connectivity index (χ0n) is 17.0. The summed E-state index contributed by atoms with van der Waals surface area (Å²) in [5, 5.41) is 3.52. The van der Waals surface area contributed by atoms with Crippen LogP contribution in [0.4, 0.5) is 0 Å². The van der Waals surface area contributed by atoms with Gasteiger partial charge in [-0.3, -0.25) is 4.79 Å². The highest BCUT2D eigenvalue weighted by Gasteiger charge is 2.27. The Morgan fingerprint density at radius 1 is 1.13 bits per heavy atom. The monoisotopic (exact) mass is 472 g/mol. The van der Waals surface area contributed by atoms with Crippen LogP contribution in [0, 0.1) is 6.92 Å². The number of carbonyl (C=O) groups is 1. The summed E-state index contributed by atoms with van der Waals surface area (Å²) in [4.78, 5) is 12.5. The van der Waals surface area contributed by atoms with Gasteiger partial charge in [0.15, 0.2) is 0 Å². The number of carbonyl (C=O) groups excluding carboxylic acids is 1. The first-order chi connectivity index (χ1) is 14.2. The predicted molar refractivity (Wildman–Crippen MR) is 119 cm³/mol. The molecular weight excluding hydrogens is 447 g/mol. The molecule has 6 nitrogen and oxygen atoms in total. The molecule has 0 radical (unpaired) electrons. The minimum Gasteiger partial charge on any atom is -0.382 e. The van der Waals surface area contributed by atoms with E-state index in [1.165, 1.54) is 12.1 Å². The number of hydrogen-bond acceptors (Lipinski definition) is 4. The van der Waals surface area contributed by atoms with Crippen molar-refractivity contribution < 1.29 is 17.9 Å². The molecule has 0 saturated heterocycles. The minimum atomic E-state index is -3.92. The molecule has 2 aromatic carbocycles. The Morgan fingerprint density at radius 2 is 1.83 bits per heavy atom. The Labute approximate surface area is 188 Å². The van der Waals surface area contributed by atoms with E-state index in [1.807, 2.05) is 13.8 Å². The normalized spacial score (nSPS) is 11.6. The van der Waals surface area contributed by atoms with Gasteiger partial charge in [-0.1, -0.05) is 47.0 Å². The van der Waals surface area contributed by atoms with Crippen LogP contribution in [0.15, 0.2) is 47.4 Å². The van der Waals surface area contributed by atoms with E-state index in [2.05, 4.69) is 5.32 Å². The van der Waals surface area contributed by atoms with Crippen molar-refractivity contribution in [3.63, 3.8) is 0 Å². The molecule has 1 amide bonds. The lowest BCUT2D eigenvalue weighted by Crippen LogP contribution is -2.40. The lowest BCUT2D eigenvalue weighted by Gasteiger charge is -2.22. The first kappa shape index (κ1) is 24.6. The fraction of sp³-hybridized carbons (Fsp3) is 0.381. The molecule has 0 bridgehead atoms. The first-order valence-electron chi connectivity index (χ1n) is 9.59. The van der Waals surface area contributed by atoms with Gasteiger partial charge in [-0.15, -0.1) is 0 Å². The summed E-state index contributed by atoms with van der Waals surface area (Å²) in [6.07, 6.45) is 0.646. The van der Waals surface area contributed by atoms with Gasteiger partial charge in [-0.2, -0.15) is 4.31 Å². The van der Waals surface area contributed by atoms with Crippen molar-refractivity contribution in [1.82, 2.24) is 9.62 Å². The van der Waals surface area contributed by atoms with E-state index in [0.717, 1.165) is 9.87 Å². The van der Waals surface area contributed by atoms with Crippen LogP contribution in [0.1, 0.15) is 24.5 Å². The number of halogens is 2. The molecule has 1 N–H and O–H groups in total. The topological polar surface area (TPSA) is 75.7 Å². The van der Waals surface area contributed by atoms with Gasteiger partial charge >= 0.3 is 0 Å². The SMILES string of the molecule is CCOCCCNC(=O)CN(Cc1ccc(Cl)cc1Cl)S(=O)(=O)c1ccc(C)cc1. The van der Waals surface area contributed by atoms with Gasteiger partial charge in [-0.05, 0) is 50.1 Å². The quantitative estimate of drug-likeness (QED) is 0.500. The smallest absolute Gasteiger partial charge is 0.243 e. The number of ether oxygens (including phenoxy) is 1. The number of benzene rings is 2. The largest absolute Gasteiger partial charge is 0.382 e. The lowest BCUT2D eigenvalue weighted by molar-refractivity contribution is -0.121. The van der Waals surface area contributed by atoms with E-state index in [9.17, 15) is 13.2 Å². The van der Waals surface area contributed by atoms with Gasteiger partial charge in [0.25, 0.3) is 0 Å². The highest BCUT2D eigenvalue weighted by Crippen LogP contribution is 2.25. The van der Waals surface area contributed by atoms with Gasteiger partial charge in [0, 0.05) is 36.3 Å². The van der Waals surface area contributed by atoms with Gasteiger partial charge in [0.05, 0.1) is 11.4 Å². The summed E-state index contributed by atoms with van der Waals surface area (Å²) in [5.74, 6) is -0.396. The second-order valence-electron chi connectivity index (χ2n) is 6.72. The Kier molecular flexibility index (Phi) is 9.58. The molecule has 0 heterocycles. The second kappa shape index (κ2) is 11.7. The minimum absolute atomic E-state index is 0.0570. The number of amides is 1. The molecule has 164 valence electrons. The number of sulfonamides is 1. The van der Waals surface area contributed by atoms with E-state index in [4.69, 9.17) is 27.9 Å². The number of nitrogens with one attached hydrogen (secondary N) is 1. The van der Waals surface area contributed by atoms with Crippen LogP contribution in [-0.4, -0.2) is 44.9 Å². The molecule has 9 heteroatoms. The molecule has 0 aromatic heterocycles. The number of aryl methyl sites for hydroxylation is 1. The van der Waals surface area contributed by atoms with Crippen LogP contribution >= 0.6 is 23.2 Å². The van der Waals surface area contributed by atoms with Crippen molar-refractivity contribution in [2.45, 2.75) is 31.7 Å². The molecule has 0 aliphatic heterocycles. The third-order valence-corrected chi connectivity index (χ3v) is 6.73. The van der Waals surface area contributed by atoms with Crippen molar-refractivity contribution >= 4 is 39.1 Å². The zero-order valence-corrected chi connectivity index (χ0v) is 19.4. The van der Waals surface area contributed by atoms with Gasteiger partial charge in [0.2, 0.25) is 15.9 Å². The molecule has 0 fully saturated rings. The van der Waals surface area contributed by atoms with Crippen LogP contribution in [0.25, 0.3) is 0 Å². The van der Waals surface area contributed by atoms with E-state index < -0.39 is 15.9 Å². The molecule has 30 heavy (non-hydrogen) atoms. The third-order valence-electron chi connectivity index (χ3n) is 4.33. The van der Waals surface area contributed by atoms with Crippen molar-refractivity contribution in [1.29, 1.82) is 0 Å². The van der Waals surface area contributed by atoms with Gasteiger partial charge in [0.1, 0.15) is 0 Å². The standard InChI is InChI=1S/C21H26Cl2N2O4S/c1-3-29-12-4-11-24-21(26)15-25(14-17-7-8-18(22)13-20(17)23)30(27,28)19-9-5-16(2)6-10-19/h5-10,13H,3-4,11-12,14-15H2,1-2H3,(H,24,26). The maximum Gasteiger partial charge on any atom is 0.243 e. The maximum absolute atomic E-state index is 13.2. The molecule has 0 aliphatic carbocycles. The molecule has 0 spiro atoms. The molecule has 0 aliphatic rings. The average molecular weight is 473 g/mol. The van der Waals surface area contributed by atoms with Gasteiger partial charge < -0.3 is 10.1 Å². The highest BCUT2D eigenvalue weighted by atomic mass is 35.5. The number of hydrogen-bond donors (Lipinski definition) is 1. The van der Waals surface area contributed by atoms with Crippen LogP contribution in [0.2, 0.25) is 10.0 Å². The van der Waals surface area contributed by atoms with Gasteiger partial charge in [-0.25, -0.2) is 8.42 Å². The fourth-order valence-electron chi connectivity index (χ4n) is 2.69. The first-order valence-corrected chi connectivity index (χ1v) is 11.8. The summed E-state index contributed by atoms with van der Waals surface area (Å²) in [6, 6.07) is 11.3. The molecule has 2 aromatic rings. The Hall–Kier alpha value is -1.64. The van der Waals surface area contributed by atoms with Crippen molar-refractivity contribution in [3.05, 3.63) is 63.6 Å². The molecule has 2 rings (SSSR count). The Bertz CT molecular complexity index is 950. The third kappa shape index (κ3) is 7.25. The van der Waals surface area contributed by atoms with E-state index in [-0.39, 0.29) is 18.0 Å². The summed E-state index contributed by atoms with van der Waals surface area (Å²) >= 11 is 12.2. The molecular formula is C21H26Cl2N2O4S. The maximum atomic E-state index is 13.2. The fourth-order valence-corrected chi connectivity index (χ4v) is 4.53. The van der Waals surface area contributed by atoms with E-state index in [1.54, 1.807) is 30.3 Å². The van der Waals surface area contributed by atoms with Crippen LogP contribution in [-0.2, 0) is 26.1 Å². The number of rotatable bonds is 11. The summed E-state index contributed by atoms with van der Waals surface area (Å²) in [6.45, 7) is 4.92. The Balaban J connectivity index is 2.21. The average Bonchev–Trinajstić information content (AvgIpc) is 2.69. The summed E-state index contributed by atoms with van der Waals surface area (Å²) in [7, 11) is -3.92. The van der Waals surface area contributed by atoms with Crippen molar-refractivity contribution in [3.8, 4) is 0 Å². The van der Waals surface area contributed by atoms with Crippen LogP contribution in [0.5, 0.6) is 0 Å². The predicted octanol–water partition coefficient (Wildman–Crippen LogP) is 4.04. The van der Waals surface area contributed by atoms with E-state index in [0.29, 0.717) is 41.8 Å². The zero-order chi connectivity index (χ0) is 22.1. The van der Waals surface area contributed by atoms with Crippen LogP contribution in [0.3, 0.4) is 0 Å². The second-order valence-corrected chi connectivity index (χ2v) is 9.50. The van der Waals surface area contributed by atoms with Crippen molar-refractivity contribution in [2.24, 2.45) is 0 Å². The summed E-state index contributed by atoms with van der Waals surface area (Å²) in [5.41, 5.74) is 1.49. The lowest BCUT2D eigenvalue weighted by atomic mass is 10.2.